The van der Waals surface area contributed by atoms with Gasteiger partial charge in [0.05, 0.1) is 13.2 Å². The first-order chi connectivity index (χ1) is 9.12. The van der Waals surface area contributed by atoms with Crippen LogP contribution in [0.25, 0.3) is 0 Å². The molecule has 5 nitrogen and oxygen atoms in total. The van der Waals surface area contributed by atoms with Gasteiger partial charge in [-0.05, 0) is 26.3 Å². The highest BCUT2D eigenvalue weighted by atomic mass is 35.5. The zero-order valence-corrected chi connectivity index (χ0v) is 15.2. The lowest BCUT2D eigenvalue weighted by molar-refractivity contribution is -0.122. The second-order valence-electron chi connectivity index (χ2n) is 5.63. The van der Waals surface area contributed by atoms with Crippen LogP contribution in [0.3, 0.4) is 0 Å². The smallest absolute Gasteiger partial charge is 0.221 e. The Labute approximate surface area is 144 Å². The molecule has 126 valence electrons. The molecule has 0 aliphatic carbocycles. The molecular formula is C13H27Cl2N3O2S. The summed E-state index contributed by atoms with van der Waals surface area (Å²) < 4.78 is 5.36. The van der Waals surface area contributed by atoms with Gasteiger partial charge in [-0.3, -0.25) is 4.79 Å². The maximum Gasteiger partial charge on any atom is 0.221 e. The number of hydrogen-bond acceptors (Lipinski definition) is 5. The van der Waals surface area contributed by atoms with E-state index in [0.717, 1.165) is 31.9 Å². The van der Waals surface area contributed by atoms with Gasteiger partial charge in [0.15, 0.2) is 0 Å². The highest BCUT2D eigenvalue weighted by Crippen LogP contribution is 2.31. The first kappa shape index (κ1) is 21.3. The lowest BCUT2D eigenvalue weighted by atomic mass is 9.97. The average molecular weight is 360 g/mol. The van der Waals surface area contributed by atoms with Gasteiger partial charge in [0.2, 0.25) is 5.91 Å². The minimum atomic E-state index is 0. The predicted octanol–water partition coefficient (Wildman–Crippen LogP) is 0.762. The maximum absolute atomic E-state index is 12.0. The van der Waals surface area contributed by atoms with Crippen molar-refractivity contribution in [1.82, 2.24) is 15.5 Å². The van der Waals surface area contributed by atoms with Crippen molar-refractivity contribution in [2.45, 2.75) is 24.4 Å². The second-order valence-corrected chi connectivity index (χ2v) is 6.73. The summed E-state index contributed by atoms with van der Waals surface area (Å²) in [7, 11) is 4.21. The van der Waals surface area contributed by atoms with E-state index in [1.807, 2.05) is 11.8 Å². The minimum absolute atomic E-state index is 0. The summed E-state index contributed by atoms with van der Waals surface area (Å²) in [5.74, 6) is 2.41. The quantitative estimate of drug-likeness (QED) is 0.758. The lowest BCUT2D eigenvalue weighted by Gasteiger charge is -2.36. The number of nitrogens with zero attached hydrogens (tertiary/aromatic N) is 1. The van der Waals surface area contributed by atoms with Crippen molar-refractivity contribution in [2.24, 2.45) is 0 Å². The Bertz CT molecular complexity index is 310. The molecule has 0 radical (unpaired) electrons. The average Bonchev–Trinajstić information content (AvgIpc) is 2.88. The molecule has 2 N–H and O–H groups in total. The van der Waals surface area contributed by atoms with Crippen LogP contribution in [0, 0.1) is 0 Å². The van der Waals surface area contributed by atoms with Crippen molar-refractivity contribution in [3.8, 4) is 0 Å². The van der Waals surface area contributed by atoms with Crippen molar-refractivity contribution in [2.75, 3.05) is 51.9 Å². The summed E-state index contributed by atoms with van der Waals surface area (Å²) in [6, 6.07) is 0.169. The lowest BCUT2D eigenvalue weighted by Crippen LogP contribution is -2.53. The van der Waals surface area contributed by atoms with Gasteiger partial charge in [-0.15, -0.1) is 24.8 Å². The molecule has 2 aliphatic heterocycles. The number of morpholine rings is 1. The molecule has 0 aromatic rings. The Morgan fingerprint density at radius 1 is 1.48 bits per heavy atom. The van der Waals surface area contributed by atoms with Gasteiger partial charge in [0, 0.05) is 36.8 Å². The number of carbonyl (C=O) groups is 1. The van der Waals surface area contributed by atoms with Crippen LogP contribution in [0.5, 0.6) is 0 Å². The van der Waals surface area contributed by atoms with Crippen LogP contribution < -0.4 is 10.6 Å². The Kier molecular flexibility index (Phi) is 10.3. The summed E-state index contributed by atoms with van der Waals surface area (Å²) in [6.07, 6.45) is 1.66. The van der Waals surface area contributed by atoms with Gasteiger partial charge in [-0.1, -0.05) is 0 Å². The van der Waals surface area contributed by atoms with E-state index in [4.69, 9.17) is 4.74 Å². The Morgan fingerprint density at radius 3 is 2.76 bits per heavy atom. The molecule has 21 heavy (non-hydrogen) atoms. The van der Waals surface area contributed by atoms with E-state index in [0.29, 0.717) is 13.0 Å². The summed E-state index contributed by atoms with van der Waals surface area (Å²) >= 11 is 1.97. The van der Waals surface area contributed by atoms with Gasteiger partial charge in [-0.2, -0.15) is 11.8 Å². The molecule has 0 saturated carbocycles. The summed E-state index contributed by atoms with van der Waals surface area (Å²) in [6.45, 7) is 2.98. The number of ether oxygens (including phenoxy) is 1. The molecule has 2 atom stereocenters. The molecule has 2 fully saturated rings. The number of rotatable bonds is 5. The van der Waals surface area contributed by atoms with E-state index in [-0.39, 0.29) is 42.3 Å². The standard InChI is InChI=1S/C13H25N3O2S.2ClH/c1-16(2)13(3-6-19-10-13)9-15-12(17)7-11-8-18-5-4-14-11;;/h11,14H,3-10H2,1-2H3,(H,15,17);2*1H. The first-order valence-corrected chi connectivity index (χ1v) is 8.11. The molecule has 2 unspecified atom stereocenters. The van der Waals surface area contributed by atoms with Gasteiger partial charge < -0.3 is 20.3 Å². The van der Waals surface area contributed by atoms with Crippen molar-refractivity contribution < 1.29 is 9.53 Å². The number of nitrogens with one attached hydrogen (secondary N) is 2. The molecule has 8 heteroatoms. The van der Waals surface area contributed by atoms with Gasteiger partial charge in [0.25, 0.3) is 0 Å². The molecule has 2 saturated heterocycles. The fourth-order valence-electron chi connectivity index (χ4n) is 2.56. The highest BCUT2D eigenvalue weighted by molar-refractivity contribution is 7.99. The highest BCUT2D eigenvalue weighted by Gasteiger charge is 2.36. The molecule has 2 heterocycles. The van der Waals surface area contributed by atoms with Crippen LogP contribution in [-0.2, 0) is 9.53 Å². The number of likely N-dealkylation sites (N-methyl/N-ethyl adjacent to an activating group) is 1. The number of hydrogen-bond donors (Lipinski definition) is 2. The Morgan fingerprint density at radius 2 is 2.24 bits per heavy atom. The SMILES string of the molecule is CN(C)C1(CNC(=O)CC2COCCN2)CCSC1.Cl.Cl. The molecule has 1 amide bonds. The first-order valence-electron chi connectivity index (χ1n) is 6.95. The van der Waals surface area contributed by atoms with Crippen molar-refractivity contribution >= 4 is 42.5 Å². The Hall–Kier alpha value is 0.280. The minimum Gasteiger partial charge on any atom is -0.378 e. The Balaban J connectivity index is 0.00000200. The molecule has 2 aliphatic rings. The molecule has 0 aromatic heterocycles. The molecule has 2 rings (SSSR count). The normalized spacial score (nSPS) is 28.6. The van der Waals surface area contributed by atoms with E-state index in [2.05, 4.69) is 29.6 Å². The molecule has 0 aromatic carbocycles. The van der Waals surface area contributed by atoms with Gasteiger partial charge in [-0.25, -0.2) is 0 Å². The third kappa shape index (κ3) is 6.12. The maximum atomic E-state index is 12.0. The van der Waals surface area contributed by atoms with E-state index < -0.39 is 0 Å². The topological polar surface area (TPSA) is 53.6 Å². The van der Waals surface area contributed by atoms with E-state index in [1.165, 1.54) is 5.75 Å². The number of thioether (sulfide) groups is 1. The summed E-state index contributed by atoms with van der Waals surface area (Å²) in [5, 5.41) is 6.41. The van der Waals surface area contributed by atoms with E-state index >= 15 is 0 Å². The molecule has 0 bridgehead atoms. The van der Waals surface area contributed by atoms with E-state index in [1.54, 1.807) is 0 Å². The number of carbonyl (C=O) groups excluding carboxylic acids is 1. The summed E-state index contributed by atoms with van der Waals surface area (Å²) in [4.78, 5) is 14.3. The second kappa shape index (κ2) is 10.1. The van der Waals surface area contributed by atoms with Crippen LogP contribution >= 0.6 is 36.6 Å². The number of amides is 1. The zero-order valence-electron chi connectivity index (χ0n) is 12.7. The van der Waals surface area contributed by atoms with Crippen LogP contribution in [0.4, 0.5) is 0 Å². The molecule has 0 spiro atoms. The monoisotopic (exact) mass is 359 g/mol. The fourth-order valence-corrected chi connectivity index (χ4v) is 4.11. The van der Waals surface area contributed by atoms with Crippen molar-refractivity contribution in [1.29, 1.82) is 0 Å². The van der Waals surface area contributed by atoms with Crippen molar-refractivity contribution in [3.05, 3.63) is 0 Å². The number of halogens is 2. The van der Waals surface area contributed by atoms with Crippen LogP contribution in [-0.4, -0.2) is 74.3 Å². The third-order valence-electron chi connectivity index (χ3n) is 4.08. The third-order valence-corrected chi connectivity index (χ3v) is 5.31. The fraction of sp³-hybridized carbons (Fsp3) is 0.923. The predicted molar refractivity (Wildman–Crippen MR) is 93.1 cm³/mol. The largest absolute Gasteiger partial charge is 0.378 e. The summed E-state index contributed by atoms with van der Waals surface area (Å²) in [5.41, 5.74) is 0.136. The van der Waals surface area contributed by atoms with Crippen LogP contribution in [0.15, 0.2) is 0 Å². The van der Waals surface area contributed by atoms with Crippen LogP contribution in [0.1, 0.15) is 12.8 Å². The van der Waals surface area contributed by atoms with Crippen LogP contribution in [0.2, 0.25) is 0 Å². The van der Waals surface area contributed by atoms with E-state index in [9.17, 15) is 4.79 Å². The zero-order chi connectivity index (χ0) is 13.7. The van der Waals surface area contributed by atoms with Crippen molar-refractivity contribution in [3.63, 3.8) is 0 Å². The molecular weight excluding hydrogens is 333 g/mol. The van der Waals surface area contributed by atoms with Gasteiger partial charge in [0.1, 0.15) is 0 Å². The van der Waals surface area contributed by atoms with Gasteiger partial charge >= 0.3 is 0 Å².